The van der Waals surface area contributed by atoms with Crippen LogP contribution in [0.25, 0.3) is 0 Å². The predicted molar refractivity (Wildman–Crippen MR) is 94.4 cm³/mol. The minimum atomic E-state index is -0.0206. The third kappa shape index (κ3) is 4.15. The van der Waals surface area contributed by atoms with E-state index in [0.29, 0.717) is 28.6 Å². The van der Waals surface area contributed by atoms with E-state index in [1.165, 1.54) is 0 Å². The summed E-state index contributed by atoms with van der Waals surface area (Å²) < 4.78 is 0. The normalized spacial score (nSPS) is 10.5. The summed E-state index contributed by atoms with van der Waals surface area (Å²) >= 11 is 11.6. The average molecular weight is 337 g/mol. The highest BCUT2D eigenvalue weighted by atomic mass is 35.5. The maximum absolute atomic E-state index is 12.4. The molecular formula is C17H18Cl2N2O. The smallest absolute Gasteiger partial charge is 0.193 e. The van der Waals surface area contributed by atoms with Gasteiger partial charge in [0.2, 0.25) is 0 Å². The number of anilines is 2. The number of carbonyl (C=O) groups is 1. The Labute approximate surface area is 140 Å². The molecule has 0 bridgehead atoms. The van der Waals surface area contributed by atoms with Crippen LogP contribution in [0.4, 0.5) is 11.4 Å². The molecule has 5 heteroatoms. The molecular weight excluding hydrogens is 319 g/mol. The number of nitrogens with zero attached hydrogens (tertiary/aromatic N) is 1. The number of ketones is 1. The van der Waals surface area contributed by atoms with E-state index in [-0.39, 0.29) is 5.78 Å². The van der Waals surface area contributed by atoms with Gasteiger partial charge in [-0.15, -0.1) is 23.2 Å². The van der Waals surface area contributed by atoms with Crippen LogP contribution in [-0.4, -0.2) is 30.6 Å². The molecule has 0 unspecified atom stereocenters. The first-order valence-electron chi connectivity index (χ1n) is 7.03. The van der Waals surface area contributed by atoms with Crippen LogP contribution in [0.1, 0.15) is 15.9 Å². The van der Waals surface area contributed by atoms with Gasteiger partial charge in [0.05, 0.1) is 0 Å². The third-order valence-corrected chi connectivity index (χ3v) is 3.71. The lowest BCUT2D eigenvalue weighted by molar-refractivity contribution is 0.103. The summed E-state index contributed by atoms with van der Waals surface area (Å²) in [4.78, 5) is 14.5. The van der Waals surface area contributed by atoms with Gasteiger partial charge >= 0.3 is 0 Å². The maximum atomic E-state index is 12.4. The lowest BCUT2D eigenvalue weighted by Gasteiger charge is -2.22. The number of hydrogen-bond donors (Lipinski definition) is 1. The molecule has 0 fully saturated rings. The lowest BCUT2D eigenvalue weighted by atomic mass is 10.0. The minimum Gasteiger partial charge on any atom is -0.399 e. The van der Waals surface area contributed by atoms with Gasteiger partial charge in [-0.1, -0.05) is 0 Å². The molecule has 2 rings (SSSR count). The molecule has 0 amide bonds. The van der Waals surface area contributed by atoms with Crippen molar-refractivity contribution in [2.45, 2.75) is 0 Å². The van der Waals surface area contributed by atoms with E-state index in [4.69, 9.17) is 28.9 Å². The van der Waals surface area contributed by atoms with Crippen molar-refractivity contribution in [1.29, 1.82) is 0 Å². The van der Waals surface area contributed by atoms with Crippen molar-refractivity contribution in [3.63, 3.8) is 0 Å². The van der Waals surface area contributed by atoms with Crippen LogP contribution in [0.15, 0.2) is 48.5 Å². The molecule has 0 aromatic heterocycles. The summed E-state index contributed by atoms with van der Waals surface area (Å²) in [5.41, 5.74) is 8.56. The number of hydrogen-bond acceptors (Lipinski definition) is 3. The Morgan fingerprint density at radius 3 is 1.77 bits per heavy atom. The van der Waals surface area contributed by atoms with Gasteiger partial charge in [0.15, 0.2) is 5.78 Å². The first-order chi connectivity index (χ1) is 10.7. The van der Waals surface area contributed by atoms with Gasteiger partial charge in [0, 0.05) is 47.4 Å². The number of halogens is 2. The fraction of sp³-hybridized carbons (Fsp3) is 0.235. The summed E-state index contributed by atoms with van der Waals surface area (Å²) in [6, 6.07) is 14.4. The molecule has 2 aromatic rings. The van der Waals surface area contributed by atoms with Crippen LogP contribution in [-0.2, 0) is 0 Å². The largest absolute Gasteiger partial charge is 0.399 e. The second kappa shape index (κ2) is 8.06. The molecule has 0 heterocycles. The second-order valence-corrected chi connectivity index (χ2v) is 5.62. The van der Waals surface area contributed by atoms with Gasteiger partial charge in [0.1, 0.15) is 0 Å². The zero-order valence-electron chi connectivity index (χ0n) is 12.1. The van der Waals surface area contributed by atoms with Gasteiger partial charge in [-0.3, -0.25) is 4.79 Å². The maximum Gasteiger partial charge on any atom is 0.193 e. The second-order valence-electron chi connectivity index (χ2n) is 4.86. The van der Waals surface area contributed by atoms with Crippen LogP contribution in [0.2, 0.25) is 0 Å². The molecule has 0 atom stereocenters. The monoisotopic (exact) mass is 336 g/mol. The highest BCUT2D eigenvalue weighted by Gasteiger charge is 2.10. The van der Waals surface area contributed by atoms with E-state index in [9.17, 15) is 4.79 Å². The molecule has 0 saturated heterocycles. The summed E-state index contributed by atoms with van der Waals surface area (Å²) in [6.45, 7) is 1.44. The van der Waals surface area contributed by atoms with Crippen molar-refractivity contribution in [3.8, 4) is 0 Å². The molecule has 2 aromatic carbocycles. The molecule has 0 radical (unpaired) electrons. The zero-order chi connectivity index (χ0) is 15.9. The van der Waals surface area contributed by atoms with E-state index in [0.717, 1.165) is 18.8 Å². The number of nitrogens with two attached hydrogens (primary N) is 1. The molecule has 3 nitrogen and oxygen atoms in total. The molecule has 0 saturated carbocycles. The molecule has 22 heavy (non-hydrogen) atoms. The van der Waals surface area contributed by atoms with E-state index < -0.39 is 0 Å². The van der Waals surface area contributed by atoms with Crippen molar-refractivity contribution in [3.05, 3.63) is 59.7 Å². The Kier molecular flexibility index (Phi) is 6.10. The van der Waals surface area contributed by atoms with Crippen molar-refractivity contribution in [2.75, 3.05) is 35.5 Å². The highest BCUT2D eigenvalue weighted by molar-refractivity contribution is 6.18. The average Bonchev–Trinajstić information content (AvgIpc) is 2.55. The quantitative estimate of drug-likeness (QED) is 0.475. The molecule has 0 aliphatic heterocycles. The van der Waals surface area contributed by atoms with Crippen LogP contribution >= 0.6 is 23.2 Å². The standard InChI is InChI=1S/C17H18Cl2N2O/c18-9-11-21(12-10-19)16-7-3-14(4-8-16)17(22)13-1-5-15(20)6-2-13/h1-8H,9-12,20H2. The Morgan fingerprint density at radius 2 is 1.32 bits per heavy atom. The highest BCUT2D eigenvalue weighted by Crippen LogP contribution is 2.18. The minimum absolute atomic E-state index is 0.0206. The van der Waals surface area contributed by atoms with E-state index in [1.807, 2.05) is 24.3 Å². The first-order valence-corrected chi connectivity index (χ1v) is 8.10. The molecule has 0 aliphatic rings. The number of rotatable bonds is 7. The van der Waals surface area contributed by atoms with Crippen LogP contribution in [0, 0.1) is 0 Å². The molecule has 0 aliphatic carbocycles. The van der Waals surface area contributed by atoms with Crippen LogP contribution in [0.5, 0.6) is 0 Å². The fourth-order valence-corrected chi connectivity index (χ4v) is 2.61. The lowest BCUT2D eigenvalue weighted by Crippen LogP contribution is -2.27. The van der Waals surface area contributed by atoms with E-state index in [2.05, 4.69) is 4.90 Å². The Balaban J connectivity index is 2.17. The Bertz CT molecular complexity index is 606. The molecule has 116 valence electrons. The molecule has 2 N–H and O–H groups in total. The van der Waals surface area contributed by atoms with Gasteiger partial charge in [-0.05, 0) is 48.5 Å². The van der Waals surface area contributed by atoms with Crippen LogP contribution in [0.3, 0.4) is 0 Å². The van der Waals surface area contributed by atoms with E-state index >= 15 is 0 Å². The fourth-order valence-electron chi connectivity index (χ4n) is 2.20. The molecule has 0 spiro atoms. The first kappa shape index (κ1) is 16.7. The number of benzene rings is 2. The topological polar surface area (TPSA) is 46.3 Å². The summed E-state index contributed by atoms with van der Waals surface area (Å²) in [7, 11) is 0. The van der Waals surface area contributed by atoms with E-state index in [1.54, 1.807) is 24.3 Å². The van der Waals surface area contributed by atoms with Crippen molar-refractivity contribution in [1.82, 2.24) is 0 Å². The van der Waals surface area contributed by atoms with Gasteiger partial charge in [-0.25, -0.2) is 0 Å². The van der Waals surface area contributed by atoms with Crippen molar-refractivity contribution >= 4 is 40.4 Å². The summed E-state index contributed by atoms with van der Waals surface area (Å²) in [5, 5.41) is 0. The summed E-state index contributed by atoms with van der Waals surface area (Å²) in [5.74, 6) is 1.04. The SMILES string of the molecule is Nc1ccc(C(=O)c2ccc(N(CCCl)CCCl)cc2)cc1. The third-order valence-electron chi connectivity index (χ3n) is 3.38. The Morgan fingerprint density at radius 1 is 0.864 bits per heavy atom. The van der Waals surface area contributed by atoms with Gasteiger partial charge in [-0.2, -0.15) is 0 Å². The van der Waals surface area contributed by atoms with Crippen molar-refractivity contribution < 1.29 is 4.79 Å². The van der Waals surface area contributed by atoms with Gasteiger partial charge < -0.3 is 10.6 Å². The van der Waals surface area contributed by atoms with Gasteiger partial charge in [0.25, 0.3) is 0 Å². The Hall–Kier alpha value is -1.71. The predicted octanol–water partition coefficient (Wildman–Crippen LogP) is 3.78. The van der Waals surface area contributed by atoms with Crippen molar-refractivity contribution in [2.24, 2.45) is 0 Å². The number of alkyl halides is 2. The summed E-state index contributed by atoms with van der Waals surface area (Å²) in [6.07, 6.45) is 0. The number of nitrogen functional groups attached to an aromatic ring is 1. The number of carbonyl (C=O) groups excluding carboxylic acids is 1. The van der Waals surface area contributed by atoms with Crippen LogP contribution < -0.4 is 10.6 Å². The zero-order valence-corrected chi connectivity index (χ0v) is 13.6.